The monoisotopic (exact) mass is 357 g/mol. The van der Waals surface area contributed by atoms with Gasteiger partial charge in [-0.25, -0.2) is 13.1 Å². The van der Waals surface area contributed by atoms with Crippen LogP contribution in [0.15, 0.2) is 28.0 Å². The number of furan rings is 1. The second kappa shape index (κ2) is 6.24. The molecular formula is C12H15N5O4S2. The Morgan fingerprint density at radius 3 is 3.00 bits per heavy atom. The summed E-state index contributed by atoms with van der Waals surface area (Å²) in [6, 6.07) is 3.09. The summed E-state index contributed by atoms with van der Waals surface area (Å²) in [4.78, 5) is 11.9. The first-order valence-corrected chi connectivity index (χ1v) is 9.62. The smallest absolute Gasteiger partial charge is 0.230 e. The lowest BCUT2D eigenvalue weighted by molar-refractivity contribution is -0.119. The van der Waals surface area contributed by atoms with Gasteiger partial charge in [-0.05, 0) is 18.6 Å². The summed E-state index contributed by atoms with van der Waals surface area (Å²) >= 11 is 1.12. The number of carbonyl (C=O) groups is 1. The Morgan fingerprint density at radius 2 is 2.35 bits per heavy atom. The number of sulfone groups is 1. The van der Waals surface area contributed by atoms with Crippen LogP contribution in [0.5, 0.6) is 0 Å². The fraction of sp³-hybridized carbons (Fsp3) is 0.417. The molecule has 0 spiro atoms. The van der Waals surface area contributed by atoms with E-state index in [9.17, 15) is 13.2 Å². The number of nitrogens with one attached hydrogen (secondary N) is 1. The molecule has 0 bridgehead atoms. The van der Waals surface area contributed by atoms with Gasteiger partial charge in [-0.2, -0.15) is 0 Å². The van der Waals surface area contributed by atoms with Crippen LogP contribution in [0.1, 0.15) is 6.42 Å². The lowest BCUT2D eigenvalue weighted by Crippen LogP contribution is -2.36. The summed E-state index contributed by atoms with van der Waals surface area (Å²) in [5.41, 5.74) is 0. The molecule has 1 amide bonds. The molecule has 0 saturated carbocycles. The molecule has 0 radical (unpaired) electrons. The summed E-state index contributed by atoms with van der Waals surface area (Å²) in [6.45, 7) is 0. The lowest BCUT2D eigenvalue weighted by Gasteiger charge is -2.10. The van der Waals surface area contributed by atoms with Gasteiger partial charge in [0.1, 0.15) is 0 Å². The van der Waals surface area contributed by atoms with Gasteiger partial charge < -0.3 is 15.6 Å². The van der Waals surface area contributed by atoms with Crippen molar-refractivity contribution in [3.63, 3.8) is 0 Å². The maximum absolute atomic E-state index is 11.9. The normalized spacial score (nSPS) is 19.7. The molecule has 3 heterocycles. The quantitative estimate of drug-likeness (QED) is 0.548. The van der Waals surface area contributed by atoms with Crippen LogP contribution >= 0.6 is 11.8 Å². The van der Waals surface area contributed by atoms with Crippen LogP contribution in [0.4, 0.5) is 0 Å². The van der Waals surface area contributed by atoms with Crippen LogP contribution in [-0.4, -0.2) is 52.5 Å². The average molecular weight is 357 g/mol. The Labute approximate surface area is 136 Å². The molecule has 1 saturated heterocycles. The predicted octanol–water partition coefficient (Wildman–Crippen LogP) is -0.353. The minimum atomic E-state index is -3.02. The van der Waals surface area contributed by atoms with Gasteiger partial charge in [0.2, 0.25) is 16.9 Å². The highest BCUT2D eigenvalue weighted by Gasteiger charge is 2.29. The first kappa shape index (κ1) is 15.9. The van der Waals surface area contributed by atoms with Crippen LogP contribution in [0.25, 0.3) is 11.6 Å². The molecule has 1 aliphatic rings. The maximum Gasteiger partial charge on any atom is 0.230 e. The van der Waals surface area contributed by atoms with Crippen molar-refractivity contribution in [2.45, 2.75) is 17.6 Å². The van der Waals surface area contributed by atoms with E-state index in [1.165, 1.54) is 10.9 Å². The van der Waals surface area contributed by atoms with E-state index < -0.39 is 9.84 Å². The molecule has 3 rings (SSSR count). The van der Waals surface area contributed by atoms with Crippen LogP contribution in [0.3, 0.4) is 0 Å². The molecule has 1 aliphatic heterocycles. The first-order chi connectivity index (χ1) is 10.9. The Bertz CT molecular complexity index is 800. The summed E-state index contributed by atoms with van der Waals surface area (Å²) in [7, 11) is -3.02. The van der Waals surface area contributed by atoms with Gasteiger partial charge in [0.15, 0.2) is 15.6 Å². The van der Waals surface area contributed by atoms with Crippen molar-refractivity contribution in [1.29, 1.82) is 0 Å². The Balaban J connectivity index is 1.56. The van der Waals surface area contributed by atoms with Gasteiger partial charge in [-0.3, -0.25) is 4.79 Å². The minimum Gasteiger partial charge on any atom is -0.461 e. The van der Waals surface area contributed by atoms with Gasteiger partial charge in [-0.15, -0.1) is 10.2 Å². The summed E-state index contributed by atoms with van der Waals surface area (Å²) < 4.78 is 29.2. The Morgan fingerprint density at radius 1 is 1.52 bits per heavy atom. The van der Waals surface area contributed by atoms with E-state index in [0.29, 0.717) is 23.2 Å². The molecule has 23 heavy (non-hydrogen) atoms. The van der Waals surface area contributed by atoms with Gasteiger partial charge in [-0.1, -0.05) is 11.8 Å². The van der Waals surface area contributed by atoms with E-state index in [0.717, 1.165) is 11.8 Å². The molecule has 124 valence electrons. The third kappa shape index (κ3) is 3.67. The molecule has 0 aromatic carbocycles. The highest BCUT2D eigenvalue weighted by atomic mass is 32.2. The van der Waals surface area contributed by atoms with Gasteiger partial charge >= 0.3 is 0 Å². The Kier molecular flexibility index (Phi) is 4.31. The van der Waals surface area contributed by atoms with Gasteiger partial charge in [0.05, 0.1) is 23.5 Å². The highest BCUT2D eigenvalue weighted by molar-refractivity contribution is 7.99. The lowest BCUT2D eigenvalue weighted by atomic mass is 10.3. The Hall–Kier alpha value is -2.01. The number of nitrogen functional groups attached to an aromatic ring is 1. The molecule has 1 fully saturated rings. The number of aromatic nitrogens is 3. The number of rotatable bonds is 5. The topological polar surface area (TPSA) is 133 Å². The summed E-state index contributed by atoms with van der Waals surface area (Å²) in [5.74, 6) is 6.65. The zero-order chi connectivity index (χ0) is 16.4. The molecule has 0 aliphatic carbocycles. The third-order valence-corrected chi connectivity index (χ3v) is 6.05. The fourth-order valence-corrected chi connectivity index (χ4v) is 4.60. The van der Waals surface area contributed by atoms with Crippen molar-refractivity contribution in [3.05, 3.63) is 18.4 Å². The van der Waals surface area contributed by atoms with Crippen molar-refractivity contribution in [1.82, 2.24) is 20.2 Å². The number of nitrogens with zero attached hydrogens (tertiary/aromatic N) is 3. The molecular weight excluding hydrogens is 342 g/mol. The van der Waals surface area contributed by atoms with Crippen molar-refractivity contribution in [3.8, 4) is 11.6 Å². The van der Waals surface area contributed by atoms with Crippen molar-refractivity contribution >= 4 is 27.5 Å². The SMILES string of the molecule is Nn1c(SCC(=O)N[C@H]2CCS(=O)(=O)C2)nnc1-c1ccco1. The largest absolute Gasteiger partial charge is 0.461 e. The first-order valence-electron chi connectivity index (χ1n) is 6.81. The second-order valence-electron chi connectivity index (χ2n) is 5.11. The number of hydrogen-bond donors (Lipinski definition) is 2. The standard InChI is InChI=1S/C12H15N5O4S2/c13-17-11(9-2-1-4-21-9)15-16-12(17)22-6-10(18)14-8-3-5-23(19,20)7-8/h1-2,4,8H,3,5-7,13H2,(H,14,18)/t8-/m0/s1. The molecule has 0 unspecified atom stereocenters. The maximum atomic E-state index is 11.9. The van der Waals surface area contributed by atoms with E-state index in [1.807, 2.05) is 0 Å². The van der Waals surface area contributed by atoms with Crippen LogP contribution in [0.2, 0.25) is 0 Å². The molecule has 2 aromatic heterocycles. The fourth-order valence-electron chi connectivity index (χ4n) is 2.26. The van der Waals surface area contributed by atoms with E-state index in [1.54, 1.807) is 12.1 Å². The summed E-state index contributed by atoms with van der Waals surface area (Å²) in [5, 5.41) is 10.9. The average Bonchev–Trinajstić information content (AvgIpc) is 3.18. The third-order valence-electron chi connectivity index (χ3n) is 3.34. The van der Waals surface area contributed by atoms with Crippen molar-refractivity contribution < 1.29 is 17.6 Å². The number of hydrogen-bond acceptors (Lipinski definition) is 8. The molecule has 2 aromatic rings. The molecule has 3 N–H and O–H groups in total. The predicted molar refractivity (Wildman–Crippen MR) is 83.8 cm³/mol. The highest BCUT2D eigenvalue weighted by Crippen LogP contribution is 2.21. The van der Waals surface area contributed by atoms with E-state index >= 15 is 0 Å². The van der Waals surface area contributed by atoms with Gasteiger partial charge in [0, 0.05) is 6.04 Å². The van der Waals surface area contributed by atoms with Crippen molar-refractivity contribution in [2.24, 2.45) is 0 Å². The zero-order valence-electron chi connectivity index (χ0n) is 12.0. The number of carbonyl (C=O) groups excluding carboxylic acids is 1. The van der Waals surface area contributed by atoms with Crippen LogP contribution in [-0.2, 0) is 14.6 Å². The van der Waals surface area contributed by atoms with Crippen molar-refractivity contribution in [2.75, 3.05) is 23.1 Å². The zero-order valence-corrected chi connectivity index (χ0v) is 13.6. The molecule has 11 heteroatoms. The molecule has 1 atom stereocenters. The number of amides is 1. The van der Waals surface area contributed by atoms with E-state index in [-0.39, 0.29) is 29.2 Å². The van der Waals surface area contributed by atoms with Crippen LogP contribution < -0.4 is 11.2 Å². The van der Waals surface area contributed by atoms with Gasteiger partial charge in [0.25, 0.3) is 0 Å². The van der Waals surface area contributed by atoms with E-state index in [4.69, 9.17) is 10.3 Å². The minimum absolute atomic E-state index is 0.000873. The van der Waals surface area contributed by atoms with Crippen LogP contribution in [0, 0.1) is 0 Å². The summed E-state index contributed by atoms with van der Waals surface area (Å²) in [6.07, 6.45) is 1.95. The second-order valence-corrected chi connectivity index (χ2v) is 8.28. The molecule has 9 nitrogen and oxygen atoms in total. The number of nitrogens with two attached hydrogens (primary N) is 1. The van der Waals surface area contributed by atoms with E-state index in [2.05, 4.69) is 15.5 Å². The number of thioether (sulfide) groups is 1.